The number of hydrogen-bond acceptors (Lipinski definition) is 2. The van der Waals surface area contributed by atoms with Crippen LogP contribution in [0.5, 0.6) is 0 Å². The Labute approximate surface area is 94.8 Å². The number of nitrogens with one attached hydrogen (secondary N) is 1. The van der Waals surface area contributed by atoms with Crippen LogP contribution in [0.4, 0.5) is 0 Å². The van der Waals surface area contributed by atoms with Crippen molar-refractivity contribution in [2.45, 2.75) is 58.4 Å². The van der Waals surface area contributed by atoms with Crippen molar-refractivity contribution in [3.05, 3.63) is 0 Å². The van der Waals surface area contributed by atoms with Gasteiger partial charge >= 0.3 is 0 Å². The average molecular weight is 213 g/mol. The summed E-state index contributed by atoms with van der Waals surface area (Å²) in [4.78, 5) is 0. The van der Waals surface area contributed by atoms with Crippen molar-refractivity contribution in [3.63, 3.8) is 0 Å². The van der Waals surface area contributed by atoms with Gasteiger partial charge in [0.15, 0.2) is 0 Å². The van der Waals surface area contributed by atoms with Crippen LogP contribution in [0.25, 0.3) is 0 Å². The highest BCUT2D eigenvalue weighted by Gasteiger charge is 2.18. The van der Waals surface area contributed by atoms with Gasteiger partial charge in [-0.1, -0.05) is 26.2 Å². The van der Waals surface area contributed by atoms with Crippen molar-refractivity contribution in [1.29, 1.82) is 0 Å². The first-order valence-electron chi connectivity index (χ1n) is 6.65. The lowest BCUT2D eigenvalue weighted by Crippen LogP contribution is -2.35. The van der Waals surface area contributed by atoms with Crippen LogP contribution >= 0.6 is 0 Å². The smallest absolute Gasteiger partial charge is 0.0477 e. The lowest BCUT2D eigenvalue weighted by molar-refractivity contribution is 0.143. The molecule has 0 saturated heterocycles. The van der Waals surface area contributed by atoms with E-state index in [2.05, 4.69) is 19.2 Å². The van der Waals surface area contributed by atoms with Gasteiger partial charge in [0.2, 0.25) is 0 Å². The molecule has 1 rings (SSSR count). The number of rotatable bonds is 6. The maximum atomic E-state index is 5.33. The van der Waals surface area contributed by atoms with E-state index in [-0.39, 0.29) is 0 Å². The summed E-state index contributed by atoms with van der Waals surface area (Å²) in [6, 6.07) is 0.758. The normalized spacial score (nSPS) is 27.6. The van der Waals surface area contributed by atoms with Crippen LogP contribution in [0.1, 0.15) is 52.4 Å². The van der Waals surface area contributed by atoms with Crippen molar-refractivity contribution in [1.82, 2.24) is 5.32 Å². The van der Waals surface area contributed by atoms with E-state index in [1.54, 1.807) is 0 Å². The molecule has 0 aromatic carbocycles. The van der Waals surface area contributed by atoms with E-state index < -0.39 is 0 Å². The van der Waals surface area contributed by atoms with Crippen molar-refractivity contribution in [3.8, 4) is 0 Å². The highest BCUT2D eigenvalue weighted by molar-refractivity contribution is 4.76. The minimum Gasteiger partial charge on any atom is -0.382 e. The van der Waals surface area contributed by atoms with E-state index >= 15 is 0 Å². The first kappa shape index (κ1) is 13.0. The molecular formula is C13H27NO. The molecule has 0 aliphatic heterocycles. The standard InChI is InChI=1S/C13H27NO/c1-3-15-11-7-10-14-13-9-6-4-5-8-12(13)2/h12-14H,3-11H2,1-2H3. The molecule has 2 atom stereocenters. The molecule has 0 heterocycles. The molecule has 1 aliphatic rings. The van der Waals surface area contributed by atoms with Crippen molar-refractivity contribution in [2.24, 2.45) is 5.92 Å². The Kier molecular flexibility index (Phi) is 7.03. The Hall–Kier alpha value is -0.0800. The topological polar surface area (TPSA) is 21.3 Å². The summed E-state index contributed by atoms with van der Waals surface area (Å²) < 4.78 is 5.33. The minimum absolute atomic E-state index is 0.758. The first-order valence-corrected chi connectivity index (χ1v) is 6.65. The Morgan fingerprint density at radius 2 is 2.00 bits per heavy atom. The van der Waals surface area contributed by atoms with Crippen LogP contribution < -0.4 is 5.32 Å². The van der Waals surface area contributed by atoms with Gasteiger partial charge in [-0.15, -0.1) is 0 Å². The van der Waals surface area contributed by atoms with Gasteiger partial charge in [-0.25, -0.2) is 0 Å². The summed E-state index contributed by atoms with van der Waals surface area (Å²) in [5.74, 6) is 0.861. The molecule has 0 radical (unpaired) electrons. The zero-order valence-corrected chi connectivity index (χ0v) is 10.4. The van der Waals surface area contributed by atoms with Crippen LogP contribution in [0, 0.1) is 5.92 Å². The number of hydrogen-bond donors (Lipinski definition) is 1. The Morgan fingerprint density at radius 1 is 1.20 bits per heavy atom. The Morgan fingerprint density at radius 3 is 2.80 bits per heavy atom. The van der Waals surface area contributed by atoms with E-state index in [4.69, 9.17) is 4.74 Å². The molecule has 1 N–H and O–H groups in total. The van der Waals surface area contributed by atoms with E-state index in [1.165, 1.54) is 32.1 Å². The second kappa shape index (κ2) is 8.12. The molecule has 0 amide bonds. The minimum atomic E-state index is 0.758. The van der Waals surface area contributed by atoms with Crippen LogP contribution in [0.2, 0.25) is 0 Å². The predicted molar refractivity (Wildman–Crippen MR) is 65.1 cm³/mol. The monoisotopic (exact) mass is 213 g/mol. The van der Waals surface area contributed by atoms with Gasteiger partial charge < -0.3 is 10.1 Å². The molecule has 0 spiro atoms. The fourth-order valence-corrected chi connectivity index (χ4v) is 2.40. The van der Waals surface area contributed by atoms with Crippen molar-refractivity contribution < 1.29 is 4.74 Å². The average Bonchev–Trinajstić information content (AvgIpc) is 2.44. The fourth-order valence-electron chi connectivity index (χ4n) is 2.40. The second-order valence-corrected chi connectivity index (χ2v) is 4.73. The molecule has 2 unspecified atom stereocenters. The zero-order valence-electron chi connectivity index (χ0n) is 10.4. The molecule has 90 valence electrons. The van der Waals surface area contributed by atoms with Gasteiger partial charge in [-0.3, -0.25) is 0 Å². The van der Waals surface area contributed by atoms with Gasteiger partial charge in [0.05, 0.1) is 0 Å². The lowest BCUT2D eigenvalue weighted by Gasteiger charge is -2.22. The summed E-state index contributed by atoms with van der Waals surface area (Å²) in [5.41, 5.74) is 0. The summed E-state index contributed by atoms with van der Waals surface area (Å²) >= 11 is 0. The van der Waals surface area contributed by atoms with Gasteiger partial charge in [0.25, 0.3) is 0 Å². The van der Waals surface area contributed by atoms with E-state index in [0.29, 0.717) is 0 Å². The lowest BCUT2D eigenvalue weighted by atomic mass is 9.97. The summed E-state index contributed by atoms with van der Waals surface area (Å²) in [6.07, 6.45) is 8.20. The van der Waals surface area contributed by atoms with Crippen molar-refractivity contribution in [2.75, 3.05) is 19.8 Å². The molecule has 2 nitrogen and oxygen atoms in total. The molecule has 0 aromatic heterocycles. The molecular weight excluding hydrogens is 186 g/mol. The van der Waals surface area contributed by atoms with E-state index in [9.17, 15) is 0 Å². The largest absolute Gasteiger partial charge is 0.382 e. The molecule has 1 saturated carbocycles. The summed E-state index contributed by atoms with van der Waals surface area (Å²) in [5, 5.41) is 3.69. The quantitative estimate of drug-likeness (QED) is 0.541. The van der Waals surface area contributed by atoms with Crippen LogP contribution in [0.3, 0.4) is 0 Å². The third-order valence-electron chi connectivity index (χ3n) is 3.44. The molecule has 1 fully saturated rings. The number of ether oxygens (including phenoxy) is 1. The van der Waals surface area contributed by atoms with Gasteiger partial charge in [-0.2, -0.15) is 0 Å². The Bertz CT molecular complexity index is 149. The highest BCUT2D eigenvalue weighted by atomic mass is 16.5. The fraction of sp³-hybridized carbons (Fsp3) is 1.00. The predicted octanol–water partition coefficient (Wildman–Crippen LogP) is 2.97. The van der Waals surface area contributed by atoms with Gasteiger partial charge in [-0.05, 0) is 38.6 Å². The van der Waals surface area contributed by atoms with Crippen LogP contribution in [-0.4, -0.2) is 25.8 Å². The maximum absolute atomic E-state index is 5.33. The van der Waals surface area contributed by atoms with Gasteiger partial charge in [0, 0.05) is 19.3 Å². The first-order chi connectivity index (χ1) is 7.34. The van der Waals surface area contributed by atoms with E-state index in [1.807, 2.05) is 0 Å². The van der Waals surface area contributed by atoms with Gasteiger partial charge in [0.1, 0.15) is 0 Å². The summed E-state index contributed by atoms with van der Waals surface area (Å²) in [7, 11) is 0. The third kappa shape index (κ3) is 5.53. The molecule has 0 aromatic rings. The SMILES string of the molecule is CCOCCCNC1CCCCCC1C. The second-order valence-electron chi connectivity index (χ2n) is 4.73. The van der Waals surface area contributed by atoms with Crippen molar-refractivity contribution >= 4 is 0 Å². The third-order valence-corrected chi connectivity index (χ3v) is 3.44. The molecule has 2 heteroatoms. The zero-order chi connectivity index (χ0) is 10.9. The maximum Gasteiger partial charge on any atom is 0.0477 e. The van der Waals surface area contributed by atoms with Crippen LogP contribution in [-0.2, 0) is 4.74 Å². The molecule has 15 heavy (non-hydrogen) atoms. The van der Waals surface area contributed by atoms with Crippen LogP contribution in [0.15, 0.2) is 0 Å². The highest BCUT2D eigenvalue weighted by Crippen LogP contribution is 2.22. The molecule has 1 aliphatic carbocycles. The Balaban J connectivity index is 2.07. The summed E-state index contributed by atoms with van der Waals surface area (Å²) in [6.45, 7) is 7.33. The molecule has 0 bridgehead atoms. The van der Waals surface area contributed by atoms with E-state index in [0.717, 1.165) is 38.1 Å².